The van der Waals surface area contributed by atoms with Gasteiger partial charge in [-0.25, -0.2) is 4.79 Å². The molecular weight excluding hydrogens is 180 g/mol. The zero-order valence-corrected chi connectivity index (χ0v) is 9.41. The van der Waals surface area contributed by atoms with Crippen LogP contribution in [0, 0.1) is 17.3 Å². The van der Waals surface area contributed by atoms with E-state index >= 15 is 0 Å². The van der Waals surface area contributed by atoms with Gasteiger partial charge in [-0.1, -0.05) is 20.8 Å². The Balaban J connectivity index is 2.74. The Morgan fingerprint density at radius 3 is 2.43 bits per heavy atom. The molecule has 0 aromatic rings. The van der Waals surface area contributed by atoms with Gasteiger partial charge in [-0.15, -0.1) is 0 Å². The van der Waals surface area contributed by atoms with E-state index in [-0.39, 0.29) is 11.3 Å². The Morgan fingerprint density at radius 1 is 1.50 bits per heavy atom. The molecule has 0 aliphatic heterocycles. The van der Waals surface area contributed by atoms with Crippen LogP contribution in [0.1, 0.15) is 33.6 Å². The number of ether oxygens (including phenoxy) is 1. The zero-order valence-electron chi connectivity index (χ0n) is 9.41. The first-order valence-electron chi connectivity index (χ1n) is 5.17. The van der Waals surface area contributed by atoms with Crippen molar-refractivity contribution in [2.24, 2.45) is 17.3 Å². The molecule has 82 valence electrons. The van der Waals surface area contributed by atoms with Crippen LogP contribution in [0.25, 0.3) is 0 Å². The van der Waals surface area contributed by atoms with E-state index in [1.54, 1.807) is 0 Å². The number of aliphatic hydroxyl groups is 1. The molecule has 1 aliphatic rings. The number of methoxy groups -OCH3 is 1. The lowest BCUT2D eigenvalue weighted by molar-refractivity contribution is -0.155. The second kappa shape index (κ2) is 3.89. The molecule has 3 heteroatoms. The van der Waals surface area contributed by atoms with Crippen LogP contribution in [0.2, 0.25) is 0 Å². The average Bonchev–Trinajstić information content (AvgIpc) is 2.40. The maximum Gasteiger partial charge on any atom is 0.334 e. The van der Waals surface area contributed by atoms with Crippen molar-refractivity contribution in [2.45, 2.75) is 39.7 Å². The Kier molecular flexibility index (Phi) is 3.20. The summed E-state index contributed by atoms with van der Waals surface area (Å²) in [5, 5.41) is 9.80. The van der Waals surface area contributed by atoms with Gasteiger partial charge in [0.15, 0.2) is 6.10 Å². The minimum atomic E-state index is -0.958. The average molecular weight is 200 g/mol. The van der Waals surface area contributed by atoms with E-state index in [9.17, 15) is 9.90 Å². The molecule has 0 heterocycles. The quantitative estimate of drug-likeness (QED) is 0.689. The lowest BCUT2D eigenvalue weighted by atomic mass is 9.74. The molecule has 1 N–H and O–H groups in total. The van der Waals surface area contributed by atoms with Crippen molar-refractivity contribution in [1.82, 2.24) is 0 Å². The van der Waals surface area contributed by atoms with Crippen molar-refractivity contribution < 1.29 is 14.6 Å². The Hall–Kier alpha value is -0.570. The minimum absolute atomic E-state index is 0.0214. The van der Waals surface area contributed by atoms with Crippen molar-refractivity contribution in [2.75, 3.05) is 7.11 Å². The number of aliphatic hydroxyl groups excluding tert-OH is 1. The van der Waals surface area contributed by atoms with Crippen LogP contribution in [0.3, 0.4) is 0 Å². The molecule has 0 aromatic heterocycles. The van der Waals surface area contributed by atoms with E-state index in [2.05, 4.69) is 25.5 Å². The number of carbonyl (C=O) groups excluding carboxylic acids is 1. The molecule has 0 spiro atoms. The van der Waals surface area contributed by atoms with Gasteiger partial charge in [0.05, 0.1) is 7.11 Å². The van der Waals surface area contributed by atoms with Crippen LogP contribution in [-0.2, 0) is 9.53 Å². The van der Waals surface area contributed by atoms with Crippen LogP contribution in [0.5, 0.6) is 0 Å². The molecule has 0 saturated heterocycles. The summed E-state index contributed by atoms with van der Waals surface area (Å²) in [5.74, 6) is 0.0777. The fourth-order valence-electron chi connectivity index (χ4n) is 2.39. The monoisotopic (exact) mass is 200 g/mol. The third-order valence-corrected chi connectivity index (χ3v) is 3.96. The Labute approximate surface area is 85.5 Å². The van der Waals surface area contributed by atoms with Gasteiger partial charge < -0.3 is 9.84 Å². The van der Waals surface area contributed by atoms with Gasteiger partial charge in [0.25, 0.3) is 0 Å². The predicted molar refractivity (Wildman–Crippen MR) is 53.7 cm³/mol. The smallest absolute Gasteiger partial charge is 0.334 e. The Bertz CT molecular complexity index is 223. The van der Waals surface area contributed by atoms with Crippen LogP contribution in [-0.4, -0.2) is 24.3 Å². The highest BCUT2D eigenvalue weighted by atomic mass is 16.5. The minimum Gasteiger partial charge on any atom is -0.467 e. The lowest BCUT2D eigenvalue weighted by Gasteiger charge is -2.33. The summed E-state index contributed by atoms with van der Waals surface area (Å²) in [7, 11) is 1.32. The predicted octanol–water partition coefficient (Wildman–Crippen LogP) is 1.59. The van der Waals surface area contributed by atoms with Crippen LogP contribution in [0.15, 0.2) is 0 Å². The fraction of sp³-hybridized carbons (Fsp3) is 0.909. The first-order valence-corrected chi connectivity index (χ1v) is 5.17. The summed E-state index contributed by atoms with van der Waals surface area (Å²) in [4.78, 5) is 11.2. The molecule has 3 nitrogen and oxygen atoms in total. The third kappa shape index (κ3) is 1.78. The standard InChI is InChI=1S/C11H20O3/c1-7-5-6-8(11(7,2)3)9(12)10(13)14-4/h7-9,12H,5-6H2,1-4H3/t7-,8-,9-/m0/s1. The number of esters is 1. The largest absolute Gasteiger partial charge is 0.467 e. The normalized spacial score (nSPS) is 32.6. The third-order valence-electron chi connectivity index (χ3n) is 3.96. The highest BCUT2D eigenvalue weighted by molar-refractivity contribution is 5.74. The number of hydrogen-bond donors (Lipinski definition) is 1. The maximum absolute atomic E-state index is 11.2. The van der Waals surface area contributed by atoms with Gasteiger partial charge in [-0.2, -0.15) is 0 Å². The molecular formula is C11H20O3. The molecule has 0 amide bonds. The van der Waals surface area contributed by atoms with E-state index in [4.69, 9.17) is 0 Å². The molecule has 0 radical (unpaired) electrons. The SMILES string of the molecule is COC(=O)[C@@H](O)[C@@H]1CC[C@H](C)C1(C)C. The fourth-order valence-corrected chi connectivity index (χ4v) is 2.39. The summed E-state index contributed by atoms with van der Waals surface area (Å²) >= 11 is 0. The second-order valence-corrected chi connectivity index (χ2v) is 4.87. The Morgan fingerprint density at radius 2 is 2.07 bits per heavy atom. The lowest BCUT2D eigenvalue weighted by Crippen LogP contribution is -2.38. The number of rotatable bonds is 2. The zero-order chi connectivity index (χ0) is 10.9. The molecule has 0 unspecified atom stereocenters. The molecule has 0 aromatic carbocycles. The highest BCUT2D eigenvalue weighted by Crippen LogP contribution is 2.48. The molecule has 1 aliphatic carbocycles. The van der Waals surface area contributed by atoms with Crippen LogP contribution >= 0.6 is 0 Å². The summed E-state index contributed by atoms with van der Waals surface area (Å²) in [5.41, 5.74) is 0.0214. The first kappa shape index (κ1) is 11.5. The van der Waals surface area contributed by atoms with E-state index in [0.717, 1.165) is 12.8 Å². The molecule has 1 saturated carbocycles. The van der Waals surface area contributed by atoms with E-state index in [0.29, 0.717) is 5.92 Å². The summed E-state index contributed by atoms with van der Waals surface area (Å²) < 4.78 is 4.56. The van der Waals surface area contributed by atoms with Gasteiger partial charge in [-0.05, 0) is 24.2 Å². The summed E-state index contributed by atoms with van der Waals surface area (Å²) in [6, 6.07) is 0. The van der Waals surface area contributed by atoms with Gasteiger partial charge in [0.1, 0.15) is 0 Å². The molecule has 0 bridgehead atoms. The highest BCUT2D eigenvalue weighted by Gasteiger charge is 2.46. The van der Waals surface area contributed by atoms with Crippen molar-refractivity contribution in [3.63, 3.8) is 0 Å². The van der Waals surface area contributed by atoms with Crippen molar-refractivity contribution in [3.05, 3.63) is 0 Å². The van der Waals surface area contributed by atoms with E-state index < -0.39 is 12.1 Å². The molecule has 1 fully saturated rings. The summed E-state index contributed by atoms with van der Waals surface area (Å²) in [6.45, 7) is 6.40. The summed E-state index contributed by atoms with van der Waals surface area (Å²) in [6.07, 6.45) is 1.02. The van der Waals surface area contributed by atoms with E-state index in [1.807, 2.05) is 0 Å². The van der Waals surface area contributed by atoms with Crippen LogP contribution in [0.4, 0.5) is 0 Å². The number of hydrogen-bond acceptors (Lipinski definition) is 3. The van der Waals surface area contributed by atoms with Gasteiger partial charge in [0, 0.05) is 5.92 Å². The van der Waals surface area contributed by atoms with Gasteiger partial charge >= 0.3 is 5.97 Å². The molecule has 3 atom stereocenters. The topological polar surface area (TPSA) is 46.5 Å². The number of carbonyl (C=O) groups is 1. The van der Waals surface area contributed by atoms with Crippen LogP contribution < -0.4 is 0 Å². The van der Waals surface area contributed by atoms with Crippen molar-refractivity contribution >= 4 is 5.97 Å². The first-order chi connectivity index (χ1) is 6.41. The van der Waals surface area contributed by atoms with E-state index in [1.165, 1.54) is 7.11 Å². The van der Waals surface area contributed by atoms with Crippen molar-refractivity contribution in [1.29, 1.82) is 0 Å². The molecule has 1 rings (SSSR count). The maximum atomic E-state index is 11.2. The van der Waals surface area contributed by atoms with Gasteiger partial charge in [0.2, 0.25) is 0 Å². The second-order valence-electron chi connectivity index (χ2n) is 4.87. The van der Waals surface area contributed by atoms with Crippen molar-refractivity contribution in [3.8, 4) is 0 Å². The molecule has 14 heavy (non-hydrogen) atoms. The van der Waals surface area contributed by atoms with Gasteiger partial charge in [-0.3, -0.25) is 0 Å².